The van der Waals surface area contributed by atoms with E-state index in [0.29, 0.717) is 5.41 Å². The summed E-state index contributed by atoms with van der Waals surface area (Å²) < 4.78 is 0. The topological polar surface area (TPSA) is 12.9 Å². The van der Waals surface area contributed by atoms with Crippen LogP contribution in [-0.4, -0.2) is 4.98 Å². The SMILES string of the molecule is c1cc2c3c(cccc3c1)-c1nc3ccc(-c4ccc(C56CC7CC(CC(C7)C5)C6)cc4)cc3cc1-2. The minimum Gasteiger partial charge on any atom is -0.247 e. The zero-order chi connectivity index (χ0) is 23.4. The normalized spacial score (nSPS) is 27.2. The Bertz CT molecular complexity index is 1670. The highest BCUT2D eigenvalue weighted by Crippen LogP contribution is 2.60. The van der Waals surface area contributed by atoms with Gasteiger partial charge in [-0.2, -0.15) is 0 Å². The molecule has 174 valence electrons. The van der Waals surface area contributed by atoms with Gasteiger partial charge in [0.2, 0.25) is 0 Å². The molecule has 0 atom stereocenters. The Kier molecular flexibility index (Phi) is 3.75. The number of aromatic nitrogens is 1. The first-order valence-electron chi connectivity index (χ1n) is 13.8. The lowest BCUT2D eigenvalue weighted by Crippen LogP contribution is -2.48. The van der Waals surface area contributed by atoms with Crippen molar-refractivity contribution in [1.82, 2.24) is 4.98 Å². The van der Waals surface area contributed by atoms with Crippen LogP contribution in [0.25, 0.3) is 55.2 Å². The highest BCUT2D eigenvalue weighted by Gasteiger charge is 2.51. The quantitative estimate of drug-likeness (QED) is 0.249. The van der Waals surface area contributed by atoms with Gasteiger partial charge in [-0.1, -0.05) is 66.7 Å². The van der Waals surface area contributed by atoms with E-state index in [1.54, 1.807) is 5.56 Å². The molecule has 4 aromatic carbocycles. The van der Waals surface area contributed by atoms with Gasteiger partial charge in [0.1, 0.15) is 0 Å². The Morgan fingerprint density at radius 3 is 1.97 bits per heavy atom. The zero-order valence-corrected chi connectivity index (χ0v) is 20.5. The summed E-state index contributed by atoms with van der Waals surface area (Å²) in [6, 6.07) is 32.1. The van der Waals surface area contributed by atoms with Crippen molar-refractivity contribution in [3.8, 4) is 33.5 Å². The molecule has 36 heavy (non-hydrogen) atoms. The highest BCUT2D eigenvalue weighted by molar-refractivity contribution is 6.15. The third-order valence-electron chi connectivity index (χ3n) is 10.1. The molecule has 0 radical (unpaired) electrons. The second-order valence-corrected chi connectivity index (χ2v) is 12.3. The van der Waals surface area contributed by atoms with Gasteiger partial charge in [-0.05, 0) is 113 Å². The smallest absolute Gasteiger partial charge is 0.0794 e. The minimum atomic E-state index is 0.469. The zero-order valence-electron chi connectivity index (χ0n) is 20.5. The molecular formula is C35H29N. The molecule has 5 aromatic rings. The summed E-state index contributed by atoms with van der Waals surface area (Å²) in [5, 5.41) is 3.87. The van der Waals surface area contributed by atoms with Crippen molar-refractivity contribution in [3.63, 3.8) is 0 Å². The van der Waals surface area contributed by atoms with Gasteiger partial charge in [0.25, 0.3) is 0 Å². The first-order chi connectivity index (χ1) is 17.7. The van der Waals surface area contributed by atoms with Gasteiger partial charge in [0.05, 0.1) is 11.2 Å². The Hall–Kier alpha value is -3.45. The summed E-state index contributed by atoms with van der Waals surface area (Å²) in [4.78, 5) is 5.15. The molecule has 4 saturated carbocycles. The number of fused-ring (bicyclic) bond motifs is 4. The van der Waals surface area contributed by atoms with Crippen LogP contribution in [0.5, 0.6) is 0 Å². The molecule has 10 rings (SSSR count). The molecule has 0 spiro atoms. The van der Waals surface area contributed by atoms with E-state index in [2.05, 4.69) is 84.9 Å². The van der Waals surface area contributed by atoms with Crippen molar-refractivity contribution in [2.75, 3.05) is 0 Å². The fourth-order valence-electron chi connectivity index (χ4n) is 9.01. The average Bonchev–Trinajstić information content (AvgIpc) is 3.21. The van der Waals surface area contributed by atoms with E-state index in [1.165, 1.54) is 82.5 Å². The molecule has 1 heterocycles. The Morgan fingerprint density at radius 2 is 1.25 bits per heavy atom. The Balaban J connectivity index is 1.11. The van der Waals surface area contributed by atoms with Gasteiger partial charge in [-0.15, -0.1) is 0 Å². The second-order valence-electron chi connectivity index (χ2n) is 12.3. The molecule has 0 amide bonds. The van der Waals surface area contributed by atoms with Gasteiger partial charge < -0.3 is 0 Å². The van der Waals surface area contributed by atoms with E-state index >= 15 is 0 Å². The van der Waals surface area contributed by atoms with Gasteiger partial charge >= 0.3 is 0 Å². The molecule has 1 heteroatoms. The number of pyridine rings is 1. The largest absolute Gasteiger partial charge is 0.247 e. The predicted molar refractivity (Wildman–Crippen MR) is 149 cm³/mol. The number of rotatable bonds is 2. The molecule has 1 nitrogen and oxygen atoms in total. The molecule has 4 bridgehead atoms. The summed E-state index contributed by atoms with van der Waals surface area (Å²) in [5.74, 6) is 2.97. The van der Waals surface area contributed by atoms with E-state index < -0.39 is 0 Å². The van der Waals surface area contributed by atoms with Crippen molar-refractivity contribution in [1.29, 1.82) is 0 Å². The van der Waals surface area contributed by atoms with Crippen molar-refractivity contribution in [2.24, 2.45) is 17.8 Å². The average molecular weight is 464 g/mol. The maximum absolute atomic E-state index is 5.15. The molecule has 0 aliphatic heterocycles. The summed E-state index contributed by atoms with van der Waals surface area (Å²) in [6.45, 7) is 0. The standard InChI is InChI=1S/C35H29N/c1-3-25-4-2-6-30-33(25)29(5-1)31-17-27-16-26(9-12-32(27)36-34(30)31)24-7-10-28(11-8-24)35-18-21-13-22(19-35)15-23(14-21)20-35/h1-12,16-17,21-23H,13-15,18-20H2. The molecular weight excluding hydrogens is 434 g/mol. The second kappa shape index (κ2) is 6.85. The fourth-order valence-corrected chi connectivity index (χ4v) is 9.01. The van der Waals surface area contributed by atoms with Crippen molar-refractivity contribution >= 4 is 21.7 Å². The number of nitrogens with zero attached hydrogens (tertiary/aromatic N) is 1. The van der Waals surface area contributed by atoms with Crippen LogP contribution in [0, 0.1) is 17.8 Å². The van der Waals surface area contributed by atoms with E-state index in [4.69, 9.17) is 4.98 Å². The van der Waals surface area contributed by atoms with Crippen LogP contribution >= 0.6 is 0 Å². The third-order valence-corrected chi connectivity index (χ3v) is 10.1. The van der Waals surface area contributed by atoms with Crippen molar-refractivity contribution < 1.29 is 0 Å². The van der Waals surface area contributed by atoms with Crippen LogP contribution in [-0.2, 0) is 5.41 Å². The molecule has 1 aromatic heterocycles. The maximum atomic E-state index is 5.15. The highest BCUT2D eigenvalue weighted by atomic mass is 14.7. The Morgan fingerprint density at radius 1 is 0.583 bits per heavy atom. The van der Waals surface area contributed by atoms with Gasteiger partial charge in [0, 0.05) is 16.5 Å². The monoisotopic (exact) mass is 463 g/mol. The van der Waals surface area contributed by atoms with Crippen LogP contribution in [0.2, 0.25) is 0 Å². The van der Waals surface area contributed by atoms with Crippen LogP contribution in [0.15, 0.2) is 84.9 Å². The van der Waals surface area contributed by atoms with Gasteiger partial charge in [-0.3, -0.25) is 0 Å². The number of hydrogen-bond donors (Lipinski definition) is 0. The van der Waals surface area contributed by atoms with E-state index in [1.807, 2.05) is 0 Å². The first kappa shape index (κ1) is 19.7. The molecule has 0 N–H and O–H groups in total. The van der Waals surface area contributed by atoms with Crippen LogP contribution in [0.1, 0.15) is 44.1 Å². The summed E-state index contributed by atoms with van der Waals surface area (Å²) >= 11 is 0. The molecule has 0 saturated heterocycles. The summed E-state index contributed by atoms with van der Waals surface area (Å²) in [7, 11) is 0. The molecule has 5 aliphatic rings. The third kappa shape index (κ3) is 2.64. The van der Waals surface area contributed by atoms with E-state index in [9.17, 15) is 0 Å². The van der Waals surface area contributed by atoms with Crippen LogP contribution in [0.4, 0.5) is 0 Å². The predicted octanol–water partition coefficient (Wildman–Crippen LogP) is 9.17. The van der Waals surface area contributed by atoms with Crippen LogP contribution in [0.3, 0.4) is 0 Å². The summed E-state index contributed by atoms with van der Waals surface area (Å²) in [6.07, 6.45) is 8.81. The lowest BCUT2D eigenvalue weighted by Gasteiger charge is -2.57. The molecule has 4 fully saturated rings. The van der Waals surface area contributed by atoms with Crippen molar-refractivity contribution in [2.45, 2.75) is 43.9 Å². The fraction of sp³-hybridized carbons (Fsp3) is 0.286. The summed E-state index contributed by atoms with van der Waals surface area (Å²) in [5.41, 5.74) is 10.7. The Labute approximate surface area is 212 Å². The lowest BCUT2D eigenvalue weighted by molar-refractivity contribution is -0.00518. The van der Waals surface area contributed by atoms with Gasteiger partial charge in [-0.25, -0.2) is 4.98 Å². The lowest BCUT2D eigenvalue weighted by atomic mass is 9.48. The van der Waals surface area contributed by atoms with E-state index in [0.717, 1.165) is 29.0 Å². The van der Waals surface area contributed by atoms with Crippen LogP contribution < -0.4 is 0 Å². The molecule has 5 aliphatic carbocycles. The van der Waals surface area contributed by atoms with Gasteiger partial charge in [0.15, 0.2) is 0 Å². The maximum Gasteiger partial charge on any atom is 0.0794 e. The van der Waals surface area contributed by atoms with Crippen molar-refractivity contribution in [3.05, 3.63) is 90.5 Å². The first-order valence-corrected chi connectivity index (χ1v) is 13.8. The van der Waals surface area contributed by atoms with E-state index in [-0.39, 0.29) is 0 Å². The number of benzene rings is 4. The number of hydrogen-bond acceptors (Lipinski definition) is 1. The molecule has 0 unspecified atom stereocenters. The minimum absolute atomic E-state index is 0.469.